The van der Waals surface area contributed by atoms with Gasteiger partial charge in [-0.05, 0) is 48.4 Å². The summed E-state index contributed by atoms with van der Waals surface area (Å²) in [5.74, 6) is -6.51. The molecule has 0 radical (unpaired) electrons. The number of benzene rings is 2. The van der Waals surface area contributed by atoms with Crippen LogP contribution in [-0.4, -0.2) is 19.2 Å². The molecule has 3 nitrogen and oxygen atoms in total. The van der Waals surface area contributed by atoms with Crippen molar-refractivity contribution >= 4 is 12.0 Å². The average molecular weight is 484 g/mol. The first-order valence-corrected chi connectivity index (χ1v) is 11.2. The van der Waals surface area contributed by atoms with Crippen LogP contribution in [0.15, 0.2) is 78.4 Å². The predicted molar refractivity (Wildman–Crippen MR) is 126 cm³/mol. The van der Waals surface area contributed by atoms with E-state index in [0.717, 1.165) is 5.56 Å². The van der Waals surface area contributed by atoms with Crippen molar-refractivity contribution in [3.8, 4) is 16.9 Å². The molecule has 2 aromatic rings. The second-order valence-electron chi connectivity index (χ2n) is 8.48. The number of methoxy groups -OCH3 is 1. The summed E-state index contributed by atoms with van der Waals surface area (Å²) in [7, 11) is 1.33. The summed E-state index contributed by atoms with van der Waals surface area (Å²) in [6.45, 7) is 3.65. The smallest absolute Gasteiger partial charge is 0.343 e. The van der Waals surface area contributed by atoms with Crippen LogP contribution in [0.25, 0.3) is 17.2 Å². The van der Waals surface area contributed by atoms with Gasteiger partial charge in [-0.1, -0.05) is 55.1 Å². The van der Waals surface area contributed by atoms with Crippen LogP contribution < -0.4 is 4.74 Å². The van der Waals surface area contributed by atoms with Crippen LogP contribution in [0.1, 0.15) is 24.8 Å². The maximum atomic E-state index is 14.7. The normalized spacial score (nSPS) is 22.1. The van der Waals surface area contributed by atoms with Gasteiger partial charge in [-0.2, -0.15) is 4.39 Å². The molecule has 2 aliphatic carbocycles. The Morgan fingerprint density at radius 1 is 1.00 bits per heavy atom. The number of esters is 1. The summed E-state index contributed by atoms with van der Waals surface area (Å²) >= 11 is 0. The van der Waals surface area contributed by atoms with Crippen molar-refractivity contribution in [2.24, 2.45) is 11.8 Å². The van der Waals surface area contributed by atoms with E-state index in [1.165, 1.54) is 31.4 Å². The van der Waals surface area contributed by atoms with Crippen LogP contribution >= 0.6 is 0 Å². The van der Waals surface area contributed by atoms with Gasteiger partial charge in [0.1, 0.15) is 11.9 Å². The molecule has 2 aromatic carbocycles. The number of hydrogen-bond donors (Lipinski definition) is 0. The largest absolute Gasteiger partial charge is 0.420 e. The number of rotatable bonds is 6. The van der Waals surface area contributed by atoms with Crippen LogP contribution in [0.5, 0.6) is 5.75 Å². The summed E-state index contributed by atoms with van der Waals surface area (Å²) in [6, 6.07) is 9.26. The molecule has 0 aromatic heterocycles. The lowest BCUT2D eigenvalue weighted by molar-refractivity contribution is -0.130. The number of halogens is 4. The molecular weight excluding hydrogens is 460 g/mol. The average Bonchev–Trinajstić information content (AvgIpc) is 2.88. The highest BCUT2D eigenvalue weighted by atomic mass is 19.2. The van der Waals surface area contributed by atoms with Crippen molar-refractivity contribution in [1.82, 2.24) is 0 Å². The Hall–Kier alpha value is -3.45. The van der Waals surface area contributed by atoms with Gasteiger partial charge in [0.25, 0.3) is 0 Å². The van der Waals surface area contributed by atoms with E-state index in [1.807, 2.05) is 0 Å². The highest BCUT2D eigenvalue weighted by molar-refractivity contribution is 5.93. The molecule has 0 saturated heterocycles. The predicted octanol–water partition coefficient (Wildman–Crippen LogP) is 7.26. The second kappa shape index (κ2) is 10.4. The molecule has 3 unspecified atom stereocenters. The highest BCUT2D eigenvalue weighted by Crippen LogP contribution is 2.41. The lowest BCUT2D eigenvalue weighted by Gasteiger charge is -2.30. The lowest BCUT2D eigenvalue weighted by atomic mass is 9.78. The minimum absolute atomic E-state index is 0.0306. The number of carbonyl (C=O) groups is 1. The molecule has 182 valence electrons. The molecule has 35 heavy (non-hydrogen) atoms. The molecule has 3 atom stereocenters. The minimum Gasteiger partial charge on any atom is -0.420 e. The van der Waals surface area contributed by atoms with Crippen molar-refractivity contribution in [2.45, 2.75) is 25.4 Å². The molecular formula is C28H24F4O3. The van der Waals surface area contributed by atoms with Crippen molar-refractivity contribution in [3.63, 3.8) is 0 Å². The van der Waals surface area contributed by atoms with Gasteiger partial charge in [-0.25, -0.2) is 18.0 Å². The van der Waals surface area contributed by atoms with E-state index in [2.05, 4.69) is 6.58 Å². The zero-order chi connectivity index (χ0) is 25.1. The Kier molecular flexibility index (Phi) is 7.36. The summed E-state index contributed by atoms with van der Waals surface area (Å²) in [5, 5.41) is 0. The van der Waals surface area contributed by atoms with Crippen molar-refractivity contribution < 1.29 is 31.8 Å². The summed E-state index contributed by atoms with van der Waals surface area (Å²) < 4.78 is 68.0. The Balaban J connectivity index is 1.44. The molecule has 0 N–H and O–H groups in total. The minimum atomic E-state index is -1.28. The quantitative estimate of drug-likeness (QED) is 0.246. The third kappa shape index (κ3) is 5.00. The van der Waals surface area contributed by atoms with E-state index in [1.54, 1.807) is 36.4 Å². The molecule has 0 fully saturated rings. The van der Waals surface area contributed by atoms with E-state index in [4.69, 9.17) is 9.47 Å². The van der Waals surface area contributed by atoms with Gasteiger partial charge in [0.15, 0.2) is 17.4 Å². The zero-order valence-electron chi connectivity index (χ0n) is 19.1. The highest BCUT2D eigenvalue weighted by Gasteiger charge is 2.35. The molecule has 0 saturated carbocycles. The van der Waals surface area contributed by atoms with Crippen LogP contribution in [0, 0.1) is 23.5 Å². The van der Waals surface area contributed by atoms with E-state index in [9.17, 15) is 22.4 Å². The Morgan fingerprint density at radius 3 is 2.37 bits per heavy atom. The van der Waals surface area contributed by atoms with Gasteiger partial charge < -0.3 is 9.47 Å². The fourth-order valence-corrected chi connectivity index (χ4v) is 4.42. The van der Waals surface area contributed by atoms with E-state index >= 15 is 0 Å². The standard InChI is InChI=1S/C28H24F4O3/c1-3-16-4-6-17(7-5-16)21-13-15-23(27(32)25(21)30)35-28(33)19-10-8-18(9-11-19)20-12-14-22(34-2)26(31)24(20)29/h3-8,10-11,13,15,18,20,22H,1,9,12,14H2,2H3. The molecule has 0 heterocycles. The second-order valence-corrected chi connectivity index (χ2v) is 8.48. The summed E-state index contributed by atoms with van der Waals surface area (Å²) in [4.78, 5) is 12.5. The monoisotopic (exact) mass is 484 g/mol. The Bertz CT molecular complexity index is 1230. The first-order chi connectivity index (χ1) is 16.8. The number of ether oxygens (including phenoxy) is 2. The topological polar surface area (TPSA) is 35.5 Å². The summed E-state index contributed by atoms with van der Waals surface area (Å²) in [5.41, 5.74) is 1.46. The Morgan fingerprint density at radius 2 is 1.74 bits per heavy atom. The third-order valence-electron chi connectivity index (χ3n) is 6.45. The maximum absolute atomic E-state index is 14.7. The molecule has 0 aliphatic heterocycles. The zero-order valence-corrected chi connectivity index (χ0v) is 19.1. The van der Waals surface area contributed by atoms with Crippen molar-refractivity contribution in [2.75, 3.05) is 7.11 Å². The van der Waals surface area contributed by atoms with Crippen LogP contribution in [0.4, 0.5) is 17.6 Å². The van der Waals surface area contributed by atoms with Gasteiger partial charge in [0, 0.05) is 18.6 Å². The fraction of sp³-hybridized carbons (Fsp3) is 0.250. The molecule has 0 spiro atoms. The number of allylic oxidation sites excluding steroid dienone is 3. The van der Waals surface area contributed by atoms with Crippen LogP contribution in [0.3, 0.4) is 0 Å². The van der Waals surface area contributed by atoms with Gasteiger partial charge >= 0.3 is 5.97 Å². The van der Waals surface area contributed by atoms with Crippen LogP contribution in [-0.2, 0) is 9.53 Å². The third-order valence-corrected chi connectivity index (χ3v) is 6.45. The van der Waals surface area contributed by atoms with Crippen LogP contribution in [0.2, 0.25) is 0 Å². The SMILES string of the molecule is C=Cc1ccc(-c2ccc(OC(=O)C3=CCC(C4CCC(OC)C(F)=C4F)C=C3)c(F)c2F)cc1. The fourth-order valence-electron chi connectivity index (χ4n) is 4.42. The molecule has 4 rings (SSSR count). The Labute approximate surface area is 201 Å². The maximum Gasteiger partial charge on any atom is 0.343 e. The van der Waals surface area contributed by atoms with Gasteiger partial charge in [-0.15, -0.1) is 0 Å². The van der Waals surface area contributed by atoms with Crippen molar-refractivity contribution in [1.29, 1.82) is 0 Å². The van der Waals surface area contributed by atoms with E-state index < -0.39 is 47.0 Å². The number of carbonyl (C=O) groups excluding carboxylic acids is 1. The molecule has 7 heteroatoms. The lowest BCUT2D eigenvalue weighted by Crippen LogP contribution is -2.26. The van der Waals surface area contributed by atoms with Gasteiger partial charge in [0.2, 0.25) is 5.82 Å². The van der Waals surface area contributed by atoms with E-state index in [-0.39, 0.29) is 23.5 Å². The summed E-state index contributed by atoms with van der Waals surface area (Å²) in [6.07, 6.45) is 6.41. The van der Waals surface area contributed by atoms with Crippen molar-refractivity contribution in [3.05, 3.63) is 95.6 Å². The first kappa shape index (κ1) is 24.7. The number of hydrogen-bond acceptors (Lipinski definition) is 3. The first-order valence-electron chi connectivity index (χ1n) is 11.2. The van der Waals surface area contributed by atoms with Gasteiger partial charge in [0.05, 0.1) is 5.57 Å². The van der Waals surface area contributed by atoms with E-state index in [0.29, 0.717) is 18.4 Å². The molecule has 2 aliphatic rings. The molecule has 0 amide bonds. The van der Waals surface area contributed by atoms with Gasteiger partial charge in [-0.3, -0.25) is 0 Å². The molecule has 0 bridgehead atoms.